The van der Waals surface area contributed by atoms with E-state index in [1.165, 1.54) is 94.1 Å². The second-order valence-electron chi connectivity index (χ2n) is 9.34. The summed E-state index contributed by atoms with van der Waals surface area (Å²) in [5.74, 6) is 1.79. The van der Waals surface area contributed by atoms with E-state index in [0.29, 0.717) is 6.04 Å². The number of anilines is 1. The van der Waals surface area contributed by atoms with E-state index in [2.05, 4.69) is 50.5 Å². The third-order valence-electron chi connectivity index (χ3n) is 7.02. The Labute approximate surface area is 177 Å². The molecule has 4 heteroatoms. The number of aromatic nitrogens is 1. The molecule has 0 atom stereocenters. The summed E-state index contributed by atoms with van der Waals surface area (Å²) >= 11 is 3.67. The number of nitrogens with zero attached hydrogens (tertiary/aromatic N) is 2. The van der Waals surface area contributed by atoms with E-state index in [1.54, 1.807) is 0 Å². The zero-order valence-corrected chi connectivity index (χ0v) is 18.4. The molecular formula is C24H32BrN3. The molecule has 1 aromatic heterocycles. The number of hydrogen-bond acceptors (Lipinski definition) is 3. The molecule has 0 unspecified atom stereocenters. The zero-order chi connectivity index (χ0) is 18.9. The molecule has 1 aromatic carbocycles. The van der Waals surface area contributed by atoms with Crippen molar-refractivity contribution >= 4 is 32.5 Å². The molecule has 1 aliphatic heterocycles. The summed E-state index contributed by atoms with van der Waals surface area (Å²) in [5.41, 5.74) is 3.89. The molecule has 3 fully saturated rings. The van der Waals surface area contributed by atoms with E-state index in [0.717, 1.165) is 21.8 Å². The van der Waals surface area contributed by atoms with Gasteiger partial charge in [0.05, 0.1) is 5.52 Å². The lowest BCUT2D eigenvalue weighted by atomic mass is 9.85. The first-order valence-corrected chi connectivity index (χ1v) is 12.1. The van der Waals surface area contributed by atoms with Crippen molar-refractivity contribution in [3.8, 4) is 0 Å². The lowest BCUT2D eigenvalue weighted by molar-refractivity contribution is 0.228. The van der Waals surface area contributed by atoms with Gasteiger partial charge in [0.1, 0.15) is 0 Å². The van der Waals surface area contributed by atoms with E-state index in [-0.39, 0.29) is 0 Å². The Kier molecular flexibility index (Phi) is 5.60. The van der Waals surface area contributed by atoms with Crippen molar-refractivity contribution in [1.29, 1.82) is 0 Å². The van der Waals surface area contributed by atoms with Gasteiger partial charge in [-0.2, -0.15) is 0 Å². The van der Waals surface area contributed by atoms with Crippen molar-refractivity contribution in [2.24, 2.45) is 11.8 Å². The number of pyridine rings is 1. The maximum atomic E-state index is 4.76. The molecule has 0 spiro atoms. The minimum absolute atomic E-state index is 0.609. The highest BCUT2D eigenvalue weighted by Crippen LogP contribution is 2.38. The Morgan fingerprint density at radius 1 is 1.00 bits per heavy atom. The SMILES string of the molecule is Brc1ccc2ncc(CC3CC3)c(NC3CCC(CN4CCCC4)CC3)c2c1. The number of fused-ring (bicyclic) bond motifs is 1. The highest BCUT2D eigenvalue weighted by atomic mass is 79.9. The lowest BCUT2D eigenvalue weighted by Gasteiger charge is -2.32. The van der Waals surface area contributed by atoms with Crippen LogP contribution in [0.5, 0.6) is 0 Å². The van der Waals surface area contributed by atoms with Crippen LogP contribution in [0, 0.1) is 11.8 Å². The summed E-state index contributed by atoms with van der Waals surface area (Å²) in [7, 11) is 0. The number of hydrogen-bond donors (Lipinski definition) is 1. The average Bonchev–Trinajstić information content (AvgIpc) is 3.38. The van der Waals surface area contributed by atoms with Crippen LogP contribution in [0.4, 0.5) is 5.69 Å². The van der Waals surface area contributed by atoms with Crippen molar-refractivity contribution in [2.45, 2.75) is 63.8 Å². The summed E-state index contributed by atoms with van der Waals surface area (Å²) in [4.78, 5) is 7.45. The van der Waals surface area contributed by atoms with Gasteiger partial charge in [-0.25, -0.2) is 0 Å². The molecule has 3 nitrogen and oxygen atoms in total. The van der Waals surface area contributed by atoms with Gasteiger partial charge in [0, 0.05) is 34.3 Å². The Morgan fingerprint density at radius 2 is 1.75 bits per heavy atom. The Bertz CT molecular complexity index is 818. The van der Waals surface area contributed by atoms with E-state index in [4.69, 9.17) is 4.98 Å². The fraction of sp³-hybridized carbons (Fsp3) is 0.625. The van der Waals surface area contributed by atoms with Crippen LogP contribution in [-0.4, -0.2) is 35.6 Å². The molecule has 28 heavy (non-hydrogen) atoms. The fourth-order valence-corrected chi connectivity index (χ4v) is 5.55. The first kappa shape index (κ1) is 18.9. The van der Waals surface area contributed by atoms with E-state index in [9.17, 15) is 0 Å². The minimum Gasteiger partial charge on any atom is -0.381 e. The second-order valence-corrected chi connectivity index (χ2v) is 10.3. The minimum atomic E-state index is 0.609. The van der Waals surface area contributed by atoms with Crippen LogP contribution in [0.25, 0.3) is 10.9 Å². The summed E-state index contributed by atoms with van der Waals surface area (Å²) < 4.78 is 1.14. The van der Waals surface area contributed by atoms with E-state index < -0.39 is 0 Å². The normalized spacial score (nSPS) is 26.0. The third kappa shape index (κ3) is 4.38. The van der Waals surface area contributed by atoms with Gasteiger partial charge in [0.2, 0.25) is 0 Å². The Morgan fingerprint density at radius 3 is 2.50 bits per heavy atom. The first-order valence-electron chi connectivity index (χ1n) is 11.3. The maximum Gasteiger partial charge on any atom is 0.0723 e. The summed E-state index contributed by atoms with van der Waals surface area (Å²) in [6, 6.07) is 7.10. The summed E-state index contributed by atoms with van der Waals surface area (Å²) in [6.45, 7) is 4.01. The number of benzene rings is 1. The van der Waals surface area contributed by atoms with E-state index >= 15 is 0 Å². The van der Waals surface area contributed by atoms with Gasteiger partial charge in [-0.05, 0) is 106 Å². The van der Waals surface area contributed by atoms with Crippen LogP contribution < -0.4 is 5.32 Å². The van der Waals surface area contributed by atoms with Crippen LogP contribution in [0.15, 0.2) is 28.9 Å². The Hall–Kier alpha value is -1.13. The number of rotatable bonds is 6. The van der Waals surface area contributed by atoms with Crippen molar-refractivity contribution in [3.05, 3.63) is 34.4 Å². The highest BCUT2D eigenvalue weighted by Gasteiger charge is 2.27. The molecule has 2 saturated carbocycles. The van der Waals surface area contributed by atoms with Gasteiger partial charge >= 0.3 is 0 Å². The predicted octanol–water partition coefficient (Wildman–Crippen LogP) is 6.02. The van der Waals surface area contributed by atoms with Crippen LogP contribution >= 0.6 is 15.9 Å². The van der Waals surface area contributed by atoms with Crippen LogP contribution in [0.2, 0.25) is 0 Å². The molecule has 3 aliphatic rings. The number of likely N-dealkylation sites (tertiary alicyclic amines) is 1. The van der Waals surface area contributed by atoms with E-state index in [1.807, 2.05) is 0 Å². The topological polar surface area (TPSA) is 28.2 Å². The van der Waals surface area contributed by atoms with Crippen LogP contribution in [0.1, 0.15) is 56.9 Å². The molecule has 2 aromatic rings. The average molecular weight is 442 g/mol. The molecule has 1 N–H and O–H groups in total. The Balaban J connectivity index is 1.30. The van der Waals surface area contributed by atoms with Gasteiger partial charge in [-0.1, -0.05) is 15.9 Å². The maximum absolute atomic E-state index is 4.76. The van der Waals surface area contributed by atoms with Crippen molar-refractivity contribution in [2.75, 3.05) is 25.0 Å². The van der Waals surface area contributed by atoms with Gasteiger partial charge in [0.25, 0.3) is 0 Å². The molecule has 1 saturated heterocycles. The van der Waals surface area contributed by atoms with Gasteiger partial charge in [0.15, 0.2) is 0 Å². The zero-order valence-electron chi connectivity index (χ0n) is 16.8. The van der Waals surface area contributed by atoms with Crippen LogP contribution in [-0.2, 0) is 6.42 Å². The highest BCUT2D eigenvalue weighted by molar-refractivity contribution is 9.10. The van der Waals surface area contributed by atoms with Crippen molar-refractivity contribution < 1.29 is 0 Å². The smallest absolute Gasteiger partial charge is 0.0723 e. The first-order chi connectivity index (χ1) is 13.7. The van der Waals surface area contributed by atoms with Gasteiger partial charge < -0.3 is 10.2 Å². The molecule has 0 amide bonds. The molecule has 150 valence electrons. The van der Waals surface area contributed by atoms with Crippen LogP contribution in [0.3, 0.4) is 0 Å². The lowest BCUT2D eigenvalue weighted by Crippen LogP contribution is -2.33. The fourth-order valence-electron chi connectivity index (χ4n) is 5.19. The molecule has 2 aliphatic carbocycles. The third-order valence-corrected chi connectivity index (χ3v) is 7.52. The number of nitrogens with one attached hydrogen (secondary N) is 1. The van der Waals surface area contributed by atoms with Gasteiger partial charge in [-0.3, -0.25) is 4.98 Å². The summed E-state index contributed by atoms with van der Waals surface area (Å²) in [6.07, 6.45) is 14.3. The molecule has 0 bridgehead atoms. The summed E-state index contributed by atoms with van der Waals surface area (Å²) in [5, 5.41) is 5.28. The molecule has 5 rings (SSSR count). The second kappa shape index (κ2) is 8.31. The largest absolute Gasteiger partial charge is 0.381 e. The quantitative estimate of drug-likeness (QED) is 0.593. The van der Waals surface area contributed by atoms with Crippen molar-refractivity contribution in [1.82, 2.24) is 9.88 Å². The number of halogens is 1. The van der Waals surface area contributed by atoms with Gasteiger partial charge in [-0.15, -0.1) is 0 Å². The molecular weight excluding hydrogens is 410 g/mol. The predicted molar refractivity (Wildman–Crippen MR) is 121 cm³/mol. The van der Waals surface area contributed by atoms with Crippen molar-refractivity contribution in [3.63, 3.8) is 0 Å². The molecule has 0 radical (unpaired) electrons. The molecule has 2 heterocycles. The monoisotopic (exact) mass is 441 g/mol. The standard InChI is InChI=1S/C24H32BrN3/c25-20-7-10-23-22(14-20)24(19(15-26-23)13-17-3-4-17)27-21-8-5-18(6-9-21)16-28-11-1-2-12-28/h7,10,14-15,17-18,21H,1-6,8-9,11-13,16H2,(H,26,27).